The van der Waals surface area contributed by atoms with Crippen LogP contribution in [-0.4, -0.2) is 26.6 Å². The molecule has 8 heteroatoms. The lowest BCUT2D eigenvalue weighted by Gasteiger charge is -2.29. The maximum Gasteiger partial charge on any atom is 0.416 e. The van der Waals surface area contributed by atoms with E-state index in [1.165, 1.54) is 17.4 Å². The molecule has 28 heavy (non-hydrogen) atoms. The van der Waals surface area contributed by atoms with Crippen molar-refractivity contribution in [2.24, 2.45) is 7.05 Å². The summed E-state index contributed by atoms with van der Waals surface area (Å²) in [6.45, 7) is 3.69. The topological polar surface area (TPSA) is 38.1 Å². The standard InChI is InChI=1S/C20H20F3N3OS/c1-11-16-10-17(28-19(16)25(3)24-11)18(27)26(15-7-8-15)12(2)13-5-4-6-14(9-13)20(21,22)23/h4-6,9-10,12,15H,7-8H2,1-3H3. The predicted octanol–water partition coefficient (Wildman–Crippen LogP) is 5.33. The number of hydrogen-bond donors (Lipinski definition) is 0. The number of halogens is 3. The second-order valence-corrected chi connectivity index (χ2v) is 8.31. The van der Waals surface area contributed by atoms with Crippen LogP contribution in [0.2, 0.25) is 0 Å². The molecule has 1 saturated carbocycles. The van der Waals surface area contributed by atoms with Gasteiger partial charge in [0.15, 0.2) is 0 Å². The zero-order chi connectivity index (χ0) is 20.2. The third-order valence-corrected chi connectivity index (χ3v) is 6.39. The molecule has 0 radical (unpaired) electrons. The van der Waals surface area contributed by atoms with Crippen LogP contribution in [0.3, 0.4) is 0 Å². The van der Waals surface area contributed by atoms with Gasteiger partial charge < -0.3 is 4.90 Å². The van der Waals surface area contributed by atoms with E-state index in [1.54, 1.807) is 22.6 Å². The van der Waals surface area contributed by atoms with E-state index in [-0.39, 0.29) is 11.9 Å². The highest BCUT2D eigenvalue weighted by atomic mass is 32.1. The quantitative estimate of drug-likeness (QED) is 0.586. The van der Waals surface area contributed by atoms with Crippen molar-refractivity contribution in [3.05, 3.63) is 52.0 Å². The van der Waals surface area contributed by atoms with E-state index in [0.717, 1.165) is 40.9 Å². The number of benzene rings is 1. The van der Waals surface area contributed by atoms with Crippen molar-refractivity contribution in [1.82, 2.24) is 14.7 Å². The summed E-state index contributed by atoms with van der Waals surface area (Å²) in [4.78, 5) is 16.6. The van der Waals surface area contributed by atoms with Gasteiger partial charge in [0.1, 0.15) is 4.83 Å². The van der Waals surface area contributed by atoms with E-state index in [0.29, 0.717) is 10.4 Å². The van der Waals surface area contributed by atoms with Crippen molar-refractivity contribution in [1.29, 1.82) is 0 Å². The summed E-state index contributed by atoms with van der Waals surface area (Å²) < 4.78 is 41.0. The van der Waals surface area contributed by atoms with Crippen LogP contribution in [-0.2, 0) is 13.2 Å². The summed E-state index contributed by atoms with van der Waals surface area (Å²) in [5.41, 5.74) is 0.661. The normalized spacial score (nSPS) is 15.8. The molecule has 0 bridgehead atoms. The third-order valence-electron chi connectivity index (χ3n) is 5.20. The Morgan fingerprint density at radius 3 is 2.64 bits per heavy atom. The average molecular weight is 407 g/mol. The molecule has 0 aliphatic heterocycles. The third kappa shape index (κ3) is 3.30. The molecule has 0 N–H and O–H groups in total. The predicted molar refractivity (Wildman–Crippen MR) is 102 cm³/mol. The Kier molecular flexibility index (Phi) is 4.49. The van der Waals surface area contributed by atoms with Crippen molar-refractivity contribution < 1.29 is 18.0 Å². The van der Waals surface area contributed by atoms with Gasteiger partial charge in [-0.05, 0) is 50.5 Å². The van der Waals surface area contributed by atoms with E-state index >= 15 is 0 Å². The van der Waals surface area contributed by atoms with Crippen LogP contribution in [0.4, 0.5) is 13.2 Å². The molecule has 148 valence electrons. The Bertz CT molecular complexity index is 1010. The largest absolute Gasteiger partial charge is 0.416 e. The first kappa shape index (κ1) is 19.0. The van der Waals surface area contributed by atoms with Crippen LogP contribution < -0.4 is 0 Å². The minimum atomic E-state index is -4.40. The Morgan fingerprint density at radius 1 is 1.32 bits per heavy atom. The summed E-state index contributed by atoms with van der Waals surface area (Å²) in [5.74, 6) is -0.131. The lowest BCUT2D eigenvalue weighted by atomic mass is 10.0. The molecule has 3 aromatic rings. The monoisotopic (exact) mass is 407 g/mol. The number of carbonyl (C=O) groups excluding carboxylic acids is 1. The smallest absolute Gasteiger partial charge is 0.328 e. The van der Waals surface area contributed by atoms with E-state index in [4.69, 9.17) is 0 Å². The molecule has 1 atom stereocenters. The van der Waals surface area contributed by atoms with Gasteiger partial charge in [0.05, 0.1) is 22.2 Å². The Hall–Kier alpha value is -2.35. The minimum absolute atomic E-state index is 0.0708. The maximum atomic E-state index is 13.3. The van der Waals surface area contributed by atoms with Crippen molar-refractivity contribution >= 4 is 27.5 Å². The zero-order valence-electron chi connectivity index (χ0n) is 15.7. The summed E-state index contributed by atoms with van der Waals surface area (Å²) in [7, 11) is 1.84. The number of amides is 1. The molecule has 2 aromatic heterocycles. The number of rotatable bonds is 4. The van der Waals surface area contributed by atoms with Gasteiger partial charge in [-0.1, -0.05) is 12.1 Å². The van der Waals surface area contributed by atoms with Crippen LogP contribution >= 0.6 is 11.3 Å². The summed E-state index contributed by atoms with van der Waals surface area (Å²) in [6, 6.07) is 6.74. The SMILES string of the molecule is Cc1nn(C)c2sc(C(=O)N(C3CC3)C(C)c3cccc(C(F)(F)F)c3)cc12. The van der Waals surface area contributed by atoms with Crippen molar-refractivity contribution in [2.75, 3.05) is 0 Å². The van der Waals surface area contributed by atoms with Gasteiger partial charge in [-0.15, -0.1) is 11.3 Å². The second kappa shape index (κ2) is 6.62. The number of carbonyl (C=O) groups is 1. The molecule has 2 heterocycles. The Balaban J connectivity index is 1.68. The molecular weight excluding hydrogens is 387 g/mol. The fraction of sp³-hybridized carbons (Fsp3) is 0.400. The fourth-order valence-corrected chi connectivity index (χ4v) is 4.65. The summed E-state index contributed by atoms with van der Waals surface area (Å²) >= 11 is 1.38. The highest BCUT2D eigenvalue weighted by Crippen LogP contribution is 2.39. The number of thiophene rings is 1. The van der Waals surface area contributed by atoms with Crippen molar-refractivity contribution in [3.63, 3.8) is 0 Å². The lowest BCUT2D eigenvalue weighted by Crippen LogP contribution is -2.35. The van der Waals surface area contributed by atoms with Gasteiger partial charge in [-0.3, -0.25) is 9.48 Å². The first-order chi connectivity index (χ1) is 13.2. The number of alkyl halides is 3. The van der Waals surface area contributed by atoms with Gasteiger partial charge in [0.2, 0.25) is 0 Å². The van der Waals surface area contributed by atoms with Crippen molar-refractivity contribution in [3.8, 4) is 0 Å². The summed E-state index contributed by atoms with van der Waals surface area (Å²) in [5, 5.41) is 5.30. The number of nitrogens with zero attached hydrogens (tertiary/aromatic N) is 3. The van der Waals surface area contributed by atoms with Gasteiger partial charge >= 0.3 is 6.18 Å². The molecule has 1 aliphatic carbocycles. The highest BCUT2D eigenvalue weighted by molar-refractivity contribution is 7.20. The molecule has 0 spiro atoms. The molecule has 1 aromatic carbocycles. The molecule has 4 rings (SSSR count). The fourth-order valence-electron chi connectivity index (χ4n) is 3.58. The second-order valence-electron chi connectivity index (χ2n) is 7.28. The molecule has 1 unspecified atom stereocenters. The number of aromatic nitrogens is 2. The van der Waals surface area contributed by atoms with Crippen LogP contribution in [0.5, 0.6) is 0 Å². The first-order valence-electron chi connectivity index (χ1n) is 9.09. The molecule has 1 amide bonds. The van der Waals surface area contributed by atoms with Crippen molar-refractivity contribution in [2.45, 2.75) is 44.9 Å². The average Bonchev–Trinajstić information content (AvgIpc) is 3.29. The number of hydrogen-bond acceptors (Lipinski definition) is 3. The Labute approximate surface area is 164 Å². The zero-order valence-corrected chi connectivity index (χ0v) is 16.6. The molecule has 1 aliphatic rings. The van der Waals surface area contributed by atoms with E-state index < -0.39 is 17.8 Å². The van der Waals surface area contributed by atoms with Gasteiger partial charge in [-0.25, -0.2) is 0 Å². The molecule has 0 saturated heterocycles. The van der Waals surface area contributed by atoms with Gasteiger partial charge in [-0.2, -0.15) is 18.3 Å². The number of fused-ring (bicyclic) bond motifs is 1. The van der Waals surface area contributed by atoms with Gasteiger partial charge in [0.25, 0.3) is 5.91 Å². The van der Waals surface area contributed by atoms with E-state index in [9.17, 15) is 18.0 Å². The molecule has 1 fully saturated rings. The molecule has 4 nitrogen and oxygen atoms in total. The van der Waals surface area contributed by atoms with Crippen LogP contribution in [0.1, 0.15) is 52.3 Å². The van der Waals surface area contributed by atoms with Crippen LogP contribution in [0.15, 0.2) is 30.3 Å². The Morgan fingerprint density at radius 2 is 2.04 bits per heavy atom. The molecular formula is C20H20F3N3OS. The highest BCUT2D eigenvalue weighted by Gasteiger charge is 2.38. The van der Waals surface area contributed by atoms with Crippen LogP contribution in [0, 0.1) is 6.92 Å². The number of aryl methyl sites for hydroxylation is 2. The summed E-state index contributed by atoms with van der Waals surface area (Å²) in [6.07, 6.45) is -2.65. The van der Waals surface area contributed by atoms with E-state index in [1.807, 2.05) is 20.0 Å². The van der Waals surface area contributed by atoms with E-state index in [2.05, 4.69) is 5.10 Å². The van der Waals surface area contributed by atoms with Crippen LogP contribution in [0.25, 0.3) is 10.2 Å². The first-order valence-corrected chi connectivity index (χ1v) is 9.91. The lowest BCUT2D eigenvalue weighted by molar-refractivity contribution is -0.137. The maximum absolute atomic E-state index is 13.3. The van der Waals surface area contributed by atoms with Gasteiger partial charge in [0, 0.05) is 18.5 Å². The minimum Gasteiger partial charge on any atom is -0.328 e.